The Morgan fingerprint density at radius 3 is 2.41 bits per heavy atom. The van der Waals surface area contributed by atoms with E-state index in [0.717, 1.165) is 16.5 Å². The molecule has 0 N–H and O–H groups in total. The number of aromatic nitrogens is 3. The van der Waals surface area contributed by atoms with Gasteiger partial charge < -0.3 is 4.57 Å². The van der Waals surface area contributed by atoms with E-state index in [9.17, 15) is 13.2 Å². The number of benzene rings is 3. The van der Waals surface area contributed by atoms with Gasteiger partial charge in [-0.15, -0.1) is 0 Å². The van der Waals surface area contributed by atoms with Gasteiger partial charge in [0.2, 0.25) is 5.82 Å². The monoisotopic (exact) mass is 391 g/mol. The van der Waals surface area contributed by atoms with E-state index in [-0.39, 0.29) is 0 Å². The van der Waals surface area contributed by atoms with Crippen LogP contribution in [-0.4, -0.2) is 14.1 Å². The van der Waals surface area contributed by atoms with E-state index in [2.05, 4.69) is 4.98 Å². The molecule has 3 aromatic carbocycles. The molecule has 0 fully saturated rings. The molecule has 0 saturated carbocycles. The Morgan fingerprint density at radius 2 is 1.66 bits per heavy atom. The molecule has 0 radical (unpaired) electrons. The van der Waals surface area contributed by atoms with Crippen LogP contribution in [-0.2, 0) is 13.2 Å². The number of imidazole rings is 1. The Bertz CT molecular complexity index is 1340. The van der Waals surface area contributed by atoms with Crippen molar-refractivity contribution in [3.8, 4) is 16.8 Å². The first-order chi connectivity index (χ1) is 13.9. The second kappa shape index (κ2) is 6.24. The van der Waals surface area contributed by atoms with E-state index in [4.69, 9.17) is 0 Å². The second-order valence-electron chi connectivity index (χ2n) is 6.98. The van der Waals surface area contributed by atoms with Crippen molar-refractivity contribution in [1.29, 1.82) is 0 Å². The number of aryl methyl sites for hydroxylation is 1. The van der Waals surface area contributed by atoms with Crippen molar-refractivity contribution in [2.75, 3.05) is 0 Å². The summed E-state index contributed by atoms with van der Waals surface area (Å²) in [7, 11) is 1.96. The lowest BCUT2D eigenvalue weighted by molar-refractivity contribution is -0.145. The molecule has 0 saturated heterocycles. The highest BCUT2D eigenvalue weighted by atomic mass is 19.4. The van der Waals surface area contributed by atoms with Gasteiger partial charge in [-0.1, -0.05) is 36.4 Å². The molecule has 5 aromatic rings. The zero-order chi connectivity index (χ0) is 20.2. The van der Waals surface area contributed by atoms with Crippen LogP contribution < -0.4 is 0 Å². The molecule has 29 heavy (non-hydrogen) atoms. The third kappa shape index (κ3) is 2.79. The summed E-state index contributed by atoms with van der Waals surface area (Å²) in [5.74, 6) is -0.924. The summed E-state index contributed by atoms with van der Waals surface area (Å²) in [6.45, 7) is 0. The molecule has 0 aliphatic rings. The zero-order valence-corrected chi connectivity index (χ0v) is 15.5. The summed E-state index contributed by atoms with van der Waals surface area (Å²) in [5, 5.41) is 1.03. The smallest absolute Gasteiger partial charge is 0.351 e. The minimum atomic E-state index is -4.57. The van der Waals surface area contributed by atoms with Crippen molar-refractivity contribution in [3.05, 3.63) is 84.8 Å². The molecule has 0 spiro atoms. The molecule has 0 amide bonds. The van der Waals surface area contributed by atoms with Crippen LogP contribution in [0.2, 0.25) is 0 Å². The highest BCUT2D eigenvalue weighted by molar-refractivity contribution is 5.96. The van der Waals surface area contributed by atoms with Crippen LogP contribution in [0.1, 0.15) is 5.82 Å². The van der Waals surface area contributed by atoms with Gasteiger partial charge >= 0.3 is 6.18 Å². The van der Waals surface area contributed by atoms with Crippen LogP contribution in [0.5, 0.6) is 0 Å². The van der Waals surface area contributed by atoms with E-state index in [0.29, 0.717) is 22.3 Å². The maximum atomic E-state index is 13.8. The molecule has 3 nitrogen and oxygen atoms in total. The Morgan fingerprint density at radius 1 is 0.862 bits per heavy atom. The minimum Gasteiger partial charge on any atom is -0.351 e. The molecule has 0 aliphatic heterocycles. The number of hydrogen-bond donors (Lipinski definition) is 0. The number of rotatable bonds is 2. The summed E-state index contributed by atoms with van der Waals surface area (Å²) in [6.07, 6.45) is -2.61. The van der Waals surface area contributed by atoms with Crippen LogP contribution >= 0.6 is 0 Å². The third-order valence-corrected chi connectivity index (χ3v) is 5.14. The third-order valence-electron chi connectivity index (χ3n) is 5.14. The van der Waals surface area contributed by atoms with Crippen LogP contribution in [0.15, 0.2) is 79.0 Å². The van der Waals surface area contributed by atoms with Crippen molar-refractivity contribution < 1.29 is 13.2 Å². The highest BCUT2D eigenvalue weighted by Gasteiger charge is 2.38. The van der Waals surface area contributed by atoms with Crippen molar-refractivity contribution >= 4 is 21.9 Å². The fraction of sp³-hybridized carbons (Fsp3) is 0.0870. The summed E-state index contributed by atoms with van der Waals surface area (Å²) < 4.78 is 44.7. The number of fused-ring (bicyclic) bond motifs is 2. The lowest BCUT2D eigenvalue weighted by Crippen LogP contribution is -2.14. The lowest BCUT2D eigenvalue weighted by Gasteiger charge is -2.13. The van der Waals surface area contributed by atoms with Gasteiger partial charge in [0.15, 0.2) is 0 Å². The van der Waals surface area contributed by atoms with Crippen molar-refractivity contribution in [1.82, 2.24) is 14.1 Å². The predicted molar refractivity (Wildman–Crippen MR) is 108 cm³/mol. The van der Waals surface area contributed by atoms with Gasteiger partial charge in [0.1, 0.15) is 0 Å². The predicted octanol–water partition coefficient (Wildman–Crippen LogP) is 6.20. The first-order valence-electron chi connectivity index (χ1n) is 9.13. The molecular formula is C23H16F3N3. The Labute approximate surface area is 164 Å². The molecule has 6 heteroatoms. The maximum Gasteiger partial charge on any atom is 0.450 e. The fourth-order valence-electron chi connectivity index (χ4n) is 3.83. The van der Waals surface area contributed by atoms with Gasteiger partial charge in [-0.05, 0) is 42.0 Å². The average Bonchev–Trinajstić information content (AvgIpc) is 3.29. The molecule has 2 heterocycles. The number of halogens is 3. The summed E-state index contributed by atoms with van der Waals surface area (Å²) in [4.78, 5) is 3.95. The molecular weight excluding hydrogens is 375 g/mol. The van der Waals surface area contributed by atoms with Crippen molar-refractivity contribution in [2.24, 2.45) is 7.05 Å². The highest BCUT2D eigenvalue weighted by Crippen LogP contribution is 2.38. The van der Waals surface area contributed by atoms with Gasteiger partial charge in [-0.3, -0.25) is 4.57 Å². The Kier molecular flexibility index (Phi) is 3.77. The minimum absolute atomic E-state index is 0.312. The van der Waals surface area contributed by atoms with Gasteiger partial charge in [-0.25, -0.2) is 4.98 Å². The van der Waals surface area contributed by atoms with Crippen LogP contribution in [0.3, 0.4) is 0 Å². The summed E-state index contributed by atoms with van der Waals surface area (Å²) in [5.41, 5.74) is 3.80. The molecule has 5 rings (SSSR count). The maximum absolute atomic E-state index is 13.8. The van der Waals surface area contributed by atoms with E-state index >= 15 is 0 Å². The largest absolute Gasteiger partial charge is 0.450 e. The zero-order valence-electron chi connectivity index (χ0n) is 15.5. The Hall–Kier alpha value is -3.54. The van der Waals surface area contributed by atoms with Gasteiger partial charge in [0.05, 0.1) is 11.0 Å². The molecule has 0 aliphatic carbocycles. The van der Waals surface area contributed by atoms with Gasteiger partial charge in [0, 0.05) is 35.4 Å². The summed E-state index contributed by atoms with van der Waals surface area (Å²) in [6, 6.07) is 21.7. The normalized spacial score (nSPS) is 12.1. The topological polar surface area (TPSA) is 22.8 Å². The van der Waals surface area contributed by atoms with E-state index in [1.807, 2.05) is 48.1 Å². The average molecular weight is 391 g/mol. The SMILES string of the molecule is Cn1ccc2cc(-c3cccc4nc(C(F)(F)F)n(-c5ccccc5)c34)ccc21. The number of nitrogens with zero attached hydrogens (tertiary/aromatic N) is 3. The van der Waals surface area contributed by atoms with E-state index in [1.54, 1.807) is 42.5 Å². The quantitative estimate of drug-likeness (QED) is 0.351. The lowest BCUT2D eigenvalue weighted by atomic mass is 10.0. The molecule has 0 bridgehead atoms. The van der Waals surface area contributed by atoms with Crippen molar-refractivity contribution in [3.63, 3.8) is 0 Å². The first-order valence-corrected chi connectivity index (χ1v) is 9.13. The second-order valence-corrected chi connectivity index (χ2v) is 6.98. The van der Waals surface area contributed by atoms with Crippen molar-refractivity contribution in [2.45, 2.75) is 6.18 Å². The van der Waals surface area contributed by atoms with Crippen LogP contribution in [0.4, 0.5) is 13.2 Å². The molecule has 0 atom stereocenters. The Balaban J connectivity index is 1.86. The number of para-hydroxylation sites is 2. The molecule has 0 unspecified atom stereocenters. The number of alkyl halides is 3. The number of hydrogen-bond acceptors (Lipinski definition) is 1. The summed E-state index contributed by atoms with van der Waals surface area (Å²) >= 11 is 0. The van der Waals surface area contributed by atoms with Gasteiger partial charge in [-0.2, -0.15) is 13.2 Å². The van der Waals surface area contributed by atoms with Gasteiger partial charge in [0.25, 0.3) is 0 Å². The van der Waals surface area contributed by atoms with Crippen LogP contribution in [0.25, 0.3) is 38.8 Å². The van der Waals surface area contributed by atoms with E-state index in [1.165, 1.54) is 4.57 Å². The molecule has 144 valence electrons. The molecule has 2 aromatic heterocycles. The standard InChI is InChI=1S/C23H16F3N3/c1-28-13-12-16-14-15(10-11-20(16)28)18-8-5-9-19-21(18)29(17-6-3-2-4-7-17)22(27-19)23(24,25)26/h2-14H,1H3. The fourth-order valence-corrected chi connectivity index (χ4v) is 3.83. The van der Waals surface area contributed by atoms with E-state index < -0.39 is 12.0 Å². The first kappa shape index (κ1) is 17.6. The van der Waals surface area contributed by atoms with Crippen LogP contribution in [0, 0.1) is 0 Å².